The monoisotopic (exact) mass is 302 g/mol. The van der Waals surface area contributed by atoms with Crippen LogP contribution in [-0.2, 0) is 5.54 Å². The average Bonchev–Trinajstić information content (AvgIpc) is 2.47. The Morgan fingerprint density at radius 3 is 2.36 bits per heavy atom. The third-order valence-electron chi connectivity index (χ3n) is 4.07. The molecule has 2 amide bonds. The molecule has 0 radical (unpaired) electrons. The highest BCUT2D eigenvalue weighted by Gasteiger charge is 2.39. The number of anilines is 1. The van der Waals surface area contributed by atoms with E-state index in [4.69, 9.17) is 0 Å². The van der Waals surface area contributed by atoms with Gasteiger partial charge in [0.1, 0.15) is 11.6 Å². The Hall–Kier alpha value is -2.43. The topological polar surface area (TPSA) is 41.1 Å². The minimum absolute atomic E-state index is 0.0403. The van der Waals surface area contributed by atoms with Gasteiger partial charge in [0.15, 0.2) is 0 Å². The van der Waals surface area contributed by atoms with Crippen molar-refractivity contribution in [3.8, 4) is 0 Å². The van der Waals surface area contributed by atoms with Gasteiger partial charge in [-0.15, -0.1) is 0 Å². The van der Waals surface area contributed by atoms with E-state index < -0.39 is 23.2 Å². The molecule has 0 aromatic heterocycles. The Morgan fingerprint density at radius 1 is 1.05 bits per heavy atom. The fraction of sp³-hybridized carbons (Fsp3) is 0.235. The van der Waals surface area contributed by atoms with Crippen molar-refractivity contribution >= 4 is 11.7 Å². The Labute approximate surface area is 127 Å². The quantitative estimate of drug-likeness (QED) is 0.878. The maximum atomic E-state index is 13.6. The van der Waals surface area contributed by atoms with E-state index in [0.717, 1.165) is 37.0 Å². The zero-order valence-corrected chi connectivity index (χ0v) is 11.9. The molecule has 0 saturated heterocycles. The van der Waals surface area contributed by atoms with Crippen molar-refractivity contribution in [2.75, 3.05) is 5.32 Å². The number of benzene rings is 2. The molecule has 0 spiro atoms. The van der Waals surface area contributed by atoms with Crippen LogP contribution in [0.5, 0.6) is 0 Å². The van der Waals surface area contributed by atoms with Crippen LogP contribution in [0.2, 0.25) is 0 Å². The van der Waals surface area contributed by atoms with Crippen LogP contribution in [0.4, 0.5) is 19.3 Å². The van der Waals surface area contributed by atoms with Crippen LogP contribution in [0.15, 0.2) is 48.5 Å². The summed E-state index contributed by atoms with van der Waals surface area (Å²) < 4.78 is 26.5. The number of amides is 2. The van der Waals surface area contributed by atoms with Crippen molar-refractivity contribution < 1.29 is 13.6 Å². The first-order valence-corrected chi connectivity index (χ1v) is 7.19. The summed E-state index contributed by atoms with van der Waals surface area (Å²) >= 11 is 0. The van der Waals surface area contributed by atoms with E-state index in [1.165, 1.54) is 6.07 Å². The van der Waals surface area contributed by atoms with E-state index in [-0.39, 0.29) is 5.69 Å². The molecule has 1 aliphatic rings. The fourth-order valence-corrected chi connectivity index (χ4v) is 2.74. The van der Waals surface area contributed by atoms with Gasteiger partial charge in [0.2, 0.25) is 0 Å². The molecule has 1 saturated carbocycles. The molecule has 0 heterocycles. The van der Waals surface area contributed by atoms with Crippen molar-refractivity contribution in [3.63, 3.8) is 0 Å². The predicted octanol–water partition coefficient (Wildman–Crippen LogP) is 4.17. The third kappa shape index (κ3) is 2.79. The summed E-state index contributed by atoms with van der Waals surface area (Å²) in [5.74, 6) is -1.47. The molecule has 114 valence electrons. The zero-order valence-electron chi connectivity index (χ0n) is 11.9. The minimum Gasteiger partial charge on any atom is -0.328 e. The van der Waals surface area contributed by atoms with Gasteiger partial charge in [-0.2, -0.15) is 0 Å². The highest BCUT2D eigenvalue weighted by atomic mass is 19.1. The van der Waals surface area contributed by atoms with Crippen molar-refractivity contribution in [1.82, 2.24) is 5.32 Å². The normalized spacial score (nSPS) is 15.7. The number of carbonyl (C=O) groups excluding carboxylic acids is 1. The van der Waals surface area contributed by atoms with Gasteiger partial charge >= 0.3 is 6.03 Å². The van der Waals surface area contributed by atoms with Crippen LogP contribution in [-0.4, -0.2) is 6.03 Å². The molecule has 2 aromatic rings. The first kappa shape index (κ1) is 14.5. The van der Waals surface area contributed by atoms with Crippen molar-refractivity contribution in [2.45, 2.75) is 24.8 Å². The summed E-state index contributed by atoms with van der Waals surface area (Å²) in [6.45, 7) is 0. The first-order valence-electron chi connectivity index (χ1n) is 7.19. The molecule has 22 heavy (non-hydrogen) atoms. The van der Waals surface area contributed by atoms with Crippen LogP contribution < -0.4 is 10.6 Å². The zero-order chi connectivity index (χ0) is 15.6. The Bertz CT molecular complexity index is 684. The minimum atomic E-state index is -0.794. The van der Waals surface area contributed by atoms with E-state index in [2.05, 4.69) is 10.6 Å². The fourth-order valence-electron chi connectivity index (χ4n) is 2.74. The molecule has 0 unspecified atom stereocenters. The van der Waals surface area contributed by atoms with Crippen LogP contribution >= 0.6 is 0 Å². The highest BCUT2D eigenvalue weighted by molar-refractivity contribution is 5.90. The number of hydrogen-bond donors (Lipinski definition) is 2. The second-order valence-corrected chi connectivity index (χ2v) is 5.50. The van der Waals surface area contributed by atoms with Crippen LogP contribution in [0.25, 0.3) is 0 Å². The third-order valence-corrected chi connectivity index (χ3v) is 4.07. The van der Waals surface area contributed by atoms with Crippen molar-refractivity contribution in [2.24, 2.45) is 0 Å². The van der Waals surface area contributed by atoms with Crippen LogP contribution in [0, 0.1) is 11.6 Å². The summed E-state index contributed by atoms with van der Waals surface area (Å²) in [7, 11) is 0. The Morgan fingerprint density at radius 2 is 1.77 bits per heavy atom. The summed E-state index contributed by atoms with van der Waals surface area (Å²) in [5.41, 5.74) is 0.597. The van der Waals surface area contributed by atoms with E-state index in [9.17, 15) is 13.6 Å². The molecule has 3 rings (SSSR count). The number of nitrogens with one attached hydrogen (secondary N) is 2. The molecule has 5 heteroatoms. The molecule has 0 aliphatic heterocycles. The van der Waals surface area contributed by atoms with Gasteiger partial charge in [0.05, 0.1) is 11.2 Å². The lowest BCUT2D eigenvalue weighted by molar-refractivity contribution is 0.185. The van der Waals surface area contributed by atoms with Gasteiger partial charge < -0.3 is 10.6 Å². The largest absolute Gasteiger partial charge is 0.328 e. The summed E-state index contributed by atoms with van der Waals surface area (Å²) in [4.78, 5) is 12.1. The molecule has 1 aliphatic carbocycles. The summed E-state index contributed by atoms with van der Waals surface area (Å²) in [6, 6.07) is 12.3. The number of rotatable bonds is 3. The first-order chi connectivity index (χ1) is 10.6. The Kier molecular flexibility index (Phi) is 3.79. The van der Waals surface area contributed by atoms with Crippen LogP contribution in [0.3, 0.4) is 0 Å². The highest BCUT2D eigenvalue weighted by Crippen LogP contribution is 2.41. The smallest absolute Gasteiger partial charge is 0.320 e. The summed E-state index contributed by atoms with van der Waals surface area (Å²) in [5, 5.41) is 5.37. The molecule has 3 nitrogen and oxygen atoms in total. The van der Waals surface area contributed by atoms with E-state index in [1.54, 1.807) is 0 Å². The second-order valence-electron chi connectivity index (χ2n) is 5.50. The molecule has 0 bridgehead atoms. The lowest BCUT2D eigenvalue weighted by Crippen LogP contribution is -2.52. The average molecular weight is 302 g/mol. The van der Waals surface area contributed by atoms with E-state index >= 15 is 0 Å². The van der Waals surface area contributed by atoms with Gasteiger partial charge in [-0.1, -0.05) is 30.3 Å². The van der Waals surface area contributed by atoms with Gasteiger partial charge in [-0.3, -0.25) is 0 Å². The molecule has 0 atom stereocenters. The van der Waals surface area contributed by atoms with Gasteiger partial charge in [0, 0.05) is 6.07 Å². The molecular formula is C17H16F2N2O. The van der Waals surface area contributed by atoms with Gasteiger partial charge in [-0.25, -0.2) is 13.6 Å². The maximum Gasteiger partial charge on any atom is 0.320 e. The lowest BCUT2D eigenvalue weighted by atomic mass is 9.72. The number of halogens is 2. The van der Waals surface area contributed by atoms with Crippen molar-refractivity contribution in [1.29, 1.82) is 0 Å². The van der Waals surface area contributed by atoms with Gasteiger partial charge in [-0.05, 0) is 37.0 Å². The Balaban J connectivity index is 1.73. The maximum absolute atomic E-state index is 13.6. The van der Waals surface area contributed by atoms with Crippen molar-refractivity contribution in [3.05, 3.63) is 65.7 Å². The number of carbonyl (C=O) groups is 1. The standard InChI is InChI=1S/C17H16F2N2O/c18-13-7-8-15(14(19)11-13)20-16(22)21-17(9-4-10-17)12-5-2-1-3-6-12/h1-3,5-8,11H,4,9-10H2,(H2,20,21,22). The predicted molar refractivity (Wildman–Crippen MR) is 80.5 cm³/mol. The number of urea groups is 1. The molecule has 2 N–H and O–H groups in total. The van der Waals surface area contributed by atoms with E-state index in [1.807, 2.05) is 30.3 Å². The molecular weight excluding hydrogens is 286 g/mol. The van der Waals surface area contributed by atoms with E-state index in [0.29, 0.717) is 0 Å². The molecule has 2 aromatic carbocycles. The summed E-state index contributed by atoms with van der Waals surface area (Å²) in [6.07, 6.45) is 2.72. The second kappa shape index (κ2) is 5.75. The van der Waals surface area contributed by atoms with Crippen LogP contribution in [0.1, 0.15) is 24.8 Å². The molecule has 1 fully saturated rings. The SMILES string of the molecule is O=C(Nc1ccc(F)cc1F)NC1(c2ccccc2)CCC1. The van der Waals surface area contributed by atoms with Gasteiger partial charge in [0.25, 0.3) is 0 Å². The number of hydrogen-bond acceptors (Lipinski definition) is 1. The lowest BCUT2D eigenvalue weighted by Gasteiger charge is -2.43.